The van der Waals surface area contributed by atoms with Crippen molar-refractivity contribution in [1.82, 2.24) is 29.2 Å². The topological polar surface area (TPSA) is 317 Å². The second-order valence-electron chi connectivity index (χ2n) is 35.1. The van der Waals surface area contributed by atoms with Crippen LogP contribution in [0.3, 0.4) is 0 Å². The van der Waals surface area contributed by atoms with Crippen LogP contribution in [0, 0.1) is 69.8 Å². The largest absolute Gasteiger partial charge is 0.494 e. The zero-order valence-electron chi connectivity index (χ0n) is 74.6. The van der Waals surface area contributed by atoms with E-state index in [2.05, 4.69) is 9.97 Å². The van der Waals surface area contributed by atoms with Crippen LogP contribution < -0.4 is 28.4 Å². The number of rotatable bonds is 22. The minimum Gasteiger partial charge on any atom is -0.494 e. The Morgan fingerprint density at radius 1 is 0.568 bits per heavy atom. The lowest BCUT2D eigenvalue weighted by atomic mass is 9.79. The van der Waals surface area contributed by atoms with E-state index in [-0.39, 0.29) is 98.8 Å². The molecule has 4 amide bonds. The molecule has 6 fully saturated rings. The van der Waals surface area contributed by atoms with E-state index in [1.165, 1.54) is 72.8 Å². The summed E-state index contributed by atoms with van der Waals surface area (Å²) in [6, 6.07) is 5.29. The highest BCUT2D eigenvalue weighted by Crippen LogP contribution is 2.60. The highest BCUT2D eigenvalue weighted by Gasteiger charge is 2.65. The van der Waals surface area contributed by atoms with Gasteiger partial charge in [-0.25, -0.2) is 53.1 Å². The maximum absolute atomic E-state index is 15.1. The van der Waals surface area contributed by atoms with Gasteiger partial charge in [-0.05, 0) is 190 Å². The molecule has 0 spiro atoms. The van der Waals surface area contributed by atoms with Crippen LogP contribution in [-0.4, -0.2) is 168 Å². The molecule has 6 heterocycles. The zero-order chi connectivity index (χ0) is 91.6. The molecule has 0 bridgehead atoms. The monoisotopic (exact) mass is 1700 g/mol. The van der Waals surface area contributed by atoms with Gasteiger partial charge in [-0.2, -0.15) is 0 Å². The maximum atomic E-state index is 15.1. The van der Waals surface area contributed by atoms with Crippen molar-refractivity contribution in [3.8, 4) is 23.3 Å². The van der Waals surface area contributed by atoms with Crippen molar-refractivity contribution in [3.63, 3.8) is 0 Å². The number of methoxy groups -OCH3 is 2. The van der Waals surface area contributed by atoms with Gasteiger partial charge < -0.3 is 38.2 Å². The van der Waals surface area contributed by atoms with Crippen molar-refractivity contribution < 1.29 is 118 Å². The lowest BCUT2D eigenvalue weighted by molar-refractivity contribution is -0.197. The molecule has 2 aromatic carbocycles. The van der Waals surface area contributed by atoms with E-state index in [0.717, 1.165) is 27.7 Å². The molecule has 0 radical (unpaired) electrons. The van der Waals surface area contributed by atoms with E-state index in [0.29, 0.717) is 87.5 Å². The third-order valence-electron chi connectivity index (χ3n) is 25.7. The van der Waals surface area contributed by atoms with Crippen LogP contribution in [0.25, 0.3) is 21.5 Å². The molecule has 4 aromatic rings. The second kappa shape index (κ2) is 34.2. The summed E-state index contributed by atoms with van der Waals surface area (Å²) in [6.45, 7) is 6.94. The molecule has 8 aliphatic rings. The number of nitrogens with one attached hydrogen (secondary N) is 2. The van der Waals surface area contributed by atoms with E-state index >= 15 is 9.59 Å². The molecule has 648 valence electrons. The van der Waals surface area contributed by atoms with E-state index in [9.17, 15) is 71.9 Å². The third-order valence-corrected chi connectivity index (χ3v) is 29.5. The van der Waals surface area contributed by atoms with Crippen LogP contribution in [0.1, 0.15) is 220 Å². The van der Waals surface area contributed by atoms with E-state index in [1.54, 1.807) is 12.2 Å². The Labute approximate surface area is 694 Å². The molecular weight excluding hydrogens is 1580 g/mol. The van der Waals surface area contributed by atoms with Gasteiger partial charge in [0.15, 0.2) is 22.8 Å². The Balaban J connectivity index is 0.000000241. The first-order valence-electron chi connectivity index (χ1n) is 43.5. The number of sulfonamides is 2. The van der Waals surface area contributed by atoms with Crippen molar-refractivity contribution in [1.29, 1.82) is 0 Å². The summed E-state index contributed by atoms with van der Waals surface area (Å²) in [6.07, 6.45) is 9.15. The minimum absolute atomic E-state index is 0.00797. The minimum atomic E-state index is -4.72. The molecule has 2 N–H and O–H groups in total. The SMILES string of the molecule is [2H]C([2H])([2H])C1(S(=O)(=O)NC(=O)[C@]23CC(=O)[C@@H]4C[C@@H](Oc5ncc(OC)c6ccc(F)cc56)CN4C(=O)[C@@H](CC(=O)OC(C)(C)C(C)(F)F)[C@H](CC)C[C@@H](C)CC/C=C\[C@@H]2C3)CC1.[2H]C([2H])([2H])C1(S(=O)(=O)NC(=O)[C@]23CC(=O)[C@@H]4C[C@@H](Oc5ncc(OC)c6ccc(F)cc56)CN4C(=O)[C@@H](CC(=O)OC(C)(C)C(C)(F)F)[C@H](CC)C[C@H](C)CC/C=C\[C@@H]2C3)CC1. The average molecular weight is 1700 g/mol. The maximum Gasteiger partial charge on any atom is 0.307 e. The number of ketones is 2. The van der Waals surface area contributed by atoms with Crippen LogP contribution in [0.4, 0.5) is 26.3 Å². The summed E-state index contributed by atoms with van der Waals surface area (Å²) in [5.74, 6) is -18.4. The highest BCUT2D eigenvalue weighted by atomic mass is 32.2. The summed E-state index contributed by atoms with van der Waals surface area (Å²) in [5.41, 5.74) is -7.61. The average Bonchev–Trinajstić information content (AvgIpc) is 1.55. The second-order valence-corrected chi connectivity index (χ2v) is 39.1. The summed E-state index contributed by atoms with van der Waals surface area (Å²) >= 11 is 0. The Kier molecular flexibility index (Phi) is 23.8. The Morgan fingerprint density at radius 3 is 1.25 bits per heavy atom. The first-order valence-corrected chi connectivity index (χ1v) is 43.5. The molecule has 4 aliphatic carbocycles. The summed E-state index contributed by atoms with van der Waals surface area (Å²) < 4.78 is 223. The van der Waals surface area contributed by atoms with Crippen molar-refractivity contribution >= 4 is 88.7 Å². The number of esters is 2. The number of ether oxygens (including phenoxy) is 6. The van der Waals surface area contributed by atoms with Crippen LogP contribution in [-0.2, 0) is 67.9 Å². The van der Waals surface area contributed by atoms with Crippen molar-refractivity contribution in [2.75, 3.05) is 27.3 Å². The third kappa shape index (κ3) is 19.3. The van der Waals surface area contributed by atoms with Crippen LogP contribution in [0.15, 0.2) is 73.1 Å². The van der Waals surface area contributed by atoms with E-state index in [4.69, 9.17) is 36.6 Å². The fraction of sp³-hybridized carbons (Fsp3) is 0.651. The Hall–Kier alpha value is -8.42. The number of aromatic nitrogens is 2. The molecule has 12 rings (SSSR count). The van der Waals surface area contributed by atoms with Crippen LogP contribution in [0.2, 0.25) is 0 Å². The number of hydrogen-bond donors (Lipinski definition) is 2. The van der Waals surface area contributed by atoms with E-state index < -0.39 is 221 Å². The van der Waals surface area contributed by atoms with Gasteiger partial charge in [0.1, 0.15) is 35.3 Å². The van der Waals surface area contributed by atoms with Gasteiger partial charge in [-0.15, -0.1) is 0 Å². The first-order chi connectivity index (χ1) is 57.6. The number of carbonyl (C=O) groups is 8. The number of amides is 4. The van der Waals surface area contributed by atoms with Crippen LogP contribution >= 0.6 is 0 Å². The summed E-state index contributed by atoms with van der Waals surface area (Å²) in [5, 5.41) is 1.44. The van der Waals surface area contributed by atoms with Gasteiger partial charge in [0.05, 0.1) is 108 Å². The predicted molar refractivity (Wildman–Crippen MR) is 425 cm³/mol. The molecule has 0 unspecified atom stereocenters. The first kappa shape index (κ1) is 81.9. The molecule has 14 atom stereocenters. The quantitative estimate of drug-likeness (QED) is 0.0419. The van der Waals surface area contributed by atoms with Gasteiger partial charge in [0.25, 0.3) is 11.8 Å². The van der Waals surface area contributed by atoms with Gasteiger partial charge in [0.2, 0.25) is 55.4 Å². The fourth-order valence-corrected chi connectivity index (χ4v) is 19.4. The normalized spacial score (nSPS) is 30.3. The molecule has 24 nitrogen and oxygen atoms in total. The van der Waals surface area contributed by atoms with Crippen molar-refractivity contribution in [2.24, 2.45) is 58.2 Å². The standard InChI is InChI=1S/2C43H56F3N3O9S/c2*1-8-26-17-25(2)11-9-10-12-27-21-43(27,39(53)48-59(54,55)41(5)15-16-41)22-34(50)33-19-29(57-37-32-18-28(44)13-14-30(32)35(56-7)23-47-37)24-49(33)38(52)31(26)20-36(51)58-40(3,4)42(6,45)46/h2*10,12-14,18,23,25-27,29,31,33H,8-9,11,15-17,19-22,24H2,1-7H3,(H,48,53)/b2*12-10-/t25-,26+,27+,29+,31-,33-,43+;25-,26-,27-,29-,31+,33+,43-/m01/s1/i2*5D3. The van der Waals surface area contributed by atoms with Gasteiger partial charge in [0, 0.05) is 58.5 Å². The number of Topliss-reactive ketones (excluding diaryl/α,β-unsaturated/α-hetero) is 2. The number of pyridine rings is 2. The molecule has 32 heteroatoms. The van der Waals surface area contributed by atoms with E-state index in [1.807, 2.05) is 49.3 Å². The predicted octanol–water partition coefficient (Wildman–Crippen LogP) is 14.2. The molecule has 2 aromatic heterocycles. The molecular formula is C86H112F6N6O18S2. The summed E-state index contributed by atoms with van der Waals surface area (Å²) in [7, 11) is -6.59. The number of fused-ring (bicyclic) bond motifs is 6. The van der Waals surface area contributed by atoms with Crippen LogP contribution in [0.5, 0.6) is 23.3 Å². The molecule has 118 heavy (non-hydrogen) atoms. The Bertz CT molecular complexity index is 4770. The lowest BCUT2D eigenvalue weighted by Crippen LogP contribution is -2.49. The number of alkyl halides is 4. The number of carbonyl (C=O) groups excluding carboxylic acids is 8. The number of benzene rings is 2. The fourth-order valence-electron chi connectivity index (χ4n) is 16.9. The smallest absolute Gasteiger partial charge is 0.307 e. The number of allylic oxidation sites excluding steroid dienone is 4. The van der Waals surface area contributed by atoms with Crippen molar-refractivity contribution in [3.05, 3.63) is 84.7 Å². The van der Waals surface area contributed by atoms with Gasteiger partial charge in [-0.1, -0.05) is 64.8 Å². The number of halogens is 6. The zero-order valence-corrected chi connectivity index (χ0v) is 70.3. The number of hydrogen-bond acceptors (Lipinski definition) is 20. The molecule has 2 saturated heterocycles. The van der Waals surface area contributed by atoms with Gasteiger partial charge >= 0.3 is 11.9 Å². The van der Waals surface area contributed by atoms with Gasteiger partial charge in [-0.3, -0.25) is 47.8 Å². The number of nitrogens with zero attached hydrogens (tertiary/aromatic N) is 4. The Morgan fingerprint density at radius 2 is 0.932 bits per heavy atom. The highest BCUT2D eigenvalue weighted by molar-refractivity contribution is 7.92. The molecule has 4 aliphatic heterocycles. The molecule has 4 saturated carbocycles. The lowest BCUT2D eigenvalue weighted by Gasteiger charge is -2.35. The summed E-state index contributed by atoms with van der Waals surface area (Å²) in [4.78, 5) is 126. The van der Waals surface area contributed by atoms with Crippen molar-refractivity contribution in [2.45, 2.75) is 268 Å².